The van der Waals surface area contributed by atoms with Crippen molar-refractivity contribution in [2.45, 2.75) is 167 Å². The SMILES string of the molecule is CCCCCCCCCCCC(=O)O[C@H](CCCCCCCCCCC)CC(=O)NN[C@H](CC(N)=O)C(=O)O. The zero-order valence-corrected chi connectivity index (χ0v) is 24.8. The van der Waals surface area contributed by atoms with Crippen molar-refractivity contribution in [3.63, 3.8) is 0 Å². The summed E-state index contributed by atoms with van der Waals surface area (Å²) in [5.41, 5.74) is 9.74. The van der Waals surface area contributed by atoms with Crippen molar-refractivity contribution in [2.75, 3.05) is 0 Å². The lowest BCUT2D eigenvalue weighted by Crippen LogP contribution is -2.50. The zero-order chi connectivity index (χ0) is 29.1. The molecule has 0 unspecified atom stereocenters. The van der Waals surface area contributed by atoms with Crippen molar-refractivity contribution < 1.29 is 29.0 Å². The monoisotopic (exact) mass is 555 g/mol. The minimum absolute atomic E-state index is 0.0730. The molecule has 0 aliphatic heterocycles. The highest BCUT2D eigenvalue weighted by atomic mass is 16.5. The van der Waals surface area contributed by atoms with Gasteiger partial charge in [0, 0.05) is 6.42 Å². The number of hydrogen-bond donors (Lipinski definition) is 4. The van der Waals surface area contributed by atoms with E-state index in [1.807, 2.05) is 0 Å². The molecule has 9 heteroatoms. The molecule has 39 heavy (non-hydrogen) atoms. The van der Waals surface area contributed by atoms with E-state index in [2.05, 4.69) is 24.7 Å². The van der Waals surface area contributed by atoms with Crippen LogP contribution >= 0.6 is 0 Å². The fourth-order valence-corrected chi connectivity index (χ4v) is 4.54. The second-order valence-electron chi connectivity index (χ2n) is 10.8. The number of nitrogens with one attached hydrogen (secondary N) is 2. The highest BCUT2D eigenvalue weighted by Gasteiger charge is 2.22. The highest BCUT2D eigenvalue weighted by molar-refractivity contribution is 5.84. The Morgan fingerprint density at radius 1 is 0.692 bits per heavy atom. The van der Waals surface area contributed by atoms with Gasteiger partial charge in [0.15, 0.2) is 0 Å². The third kappa shape index (κ3) is 24.6. The first-order valence-electron chi connectivity index (χ1n) is 15.5. The van der Waals surface area contributed by atoms with Crippen LogP contribution in [0, 0.1) is 0 Å². The molecule has 0 aromatic heterocycles. The number of carbonyl (C=O) groups excluding carboxylic acids is 3. The number of esters is 1. The van der Waals surface area contributed by atoms with Crippen LogP contribution < -0.4 is 16.6 Å². The number of nitrogens with two attached hydrogens (primary N) is 1. The number of carboxylic acid groups (broad SMARTS) is 1. The van der Waals surface area contributed by atoms with Crippen LogP contribution in [0.5, 0.6) is 0 Å². The fraction of sp³-hybridized carbons (Fsp3) is 0.867. The summed E-state index contributed by atoms with van der Waals surface area (Å²) in [6, 6.07) is -1.32. The maximum atomic E-state index is 12.5. The molecule has 5 N–H and O–H groups in total. The molecule has 0 saturated carbocycles. The summed E-state index contributed by atoms with van der Waals surface area (Å²) in [4.78, 5) is 47.3. The van der Waals surface area contributed by atoms with Crippen molar-refractivity contribution in [3.05, 3.63) is 0 Å². The number of hydrazine groups is 1. The van der Waals surface area contributed by atoms with E-state index in [9.17, 15) is 24.3 Å². The van der Waals surface area contributed by atoms with Gasteiger partial charge in [-0.25, -0.2) is 5.43 Å². The molecule has 0 aliphatic carbocycles. The van der Waals surface area contributed by atoms with Crippen LogP contribution in [-0.2, 0) is 23.9 Å². The molecular weight excluding hydrogens is 498 g/mol. The lowest BCUT2D eigenvalue weighted by atomic mass is 10.0. The lowest BCUT2D eigenvalue weighted by Gasteiger charge is -2.19. The first-order chi connectivity index (χ1) is 18.8. The number of rotatable bonds is 28. The smallest absolute Gasteiger partial charge is 0.323 e. The average molecular weight is 556 g/mol. The van der Waals surface area contributed by atoms with Gasteiger partial charge in [-0.15, -0.1) is 0 Å². The fourth-order valence-electron chi connectivity index (χ4n) is 4.54. The minimum Gasteiger partial charge on any atom is -0.480 e. The maximum Gasteiger partial charge on any atom is 0.323 e. The Morgan fingerprint density at radius 2 is 1.15 bits per heavy atom. The Hall–Kier alpha value is -2.16. The van der Waals surface area contributed by atoms with Crippen LogP contribution in [0.2, 0.25) is 0 Å². The molecule has 228 valence electrons. The summed E-state index contributed by atoms with van der Waals surface area (Å²) in [6.07, 6.45) is 20.8. The summed E-state index contributed by atoms with van der Waals surface area (Å²) in [7, 11) is 0. The van der Waals surface area contributed by atoms with Gasteiger partial charge in [-0.1, -0.05) is 117 Å². The van der Waals surface area contributed by atoms with Crippen molar-refractivity contribution >= 4 is 23.8 Å². The molecule has 0 aliphatic rings. The summed E-state index contributed by atoms with van der Waals surface area (Å²) in [5, 5.41) is 9.18. The summed E-state index contributed by atoms with van der Waals surface area (Å²) < 4.78 is 5.67. The summed E-state index contributed by atoms with van der Waals surface area (Å²) >= 11 is 0. The summed E-state index contributed by atoms with van der Waals surface area (Å²) in [5.74, 6) is -2.88. The molecule has 0 aromatic carbocycles. The van der Waals surface area contributed by atoms with Gasteiger partial charge in [0.25, 0.3) is 0 Å². The van der Waals surface area contributed by atoms with Gasteiger partial charge in [-0.05, 0) is 19.3 Å². The number of hydrogen-bond acceptors (Lipinski definition) is 6. The standard InChI is InChI=1S/C30H57N3O6/c1-3-5-7-9-11-13-15-17-19-21-25(23-28(35)33-32-26(30(37)38)24-27(31)34)39-29(36)22-20-18-16-14-12-10-8-6-4-2/h25-26,32H,3-24H2,1-2H3,(H2,31,34)(H,33,35)(H,37,38)/t25-,26-/m1/s1. The van der Waals surface area contributed by atoms with E-state index in [4.69, 9.17) is 10.5 Å². The number of carbonyl (C=O) groups is 4. The second kappa shape index (κ2) is 26.1. The number of carboxylic acids is 1. The van der Waals surface area contributed by atoms with Gasteiger partial charge < -0.3 is 15.6 Å². The van der Waals surface area contributed by atoms with Gasteiger partial charge in [0.1, 0.15) is 12.1 Å². The number of amides is 2. The van der Waals surface area contributed by atoms with E-state index in [0.29, 0.717) is 12.8 Å². The van der Waals surface area contributed by atoms with Crippen LogP contribution in [0.1, 0.15) is 155 Å². The van der Waals surface area contributed by atoms with Crippen molar-refractivity contribution in [3.8, 4) is 0 Å². The predicted molar refractivity (Wildman–Crippen MR) is 155 cm³/mol. The average Bonchev–Trinajstić information content (AvgIpc) is 2.88. The number of ether oxygens (including phenoxy) is 1. The normalized spacial score (nSPS) is 12.6. The molecule has 0 bridgehead atoms. The second-order valence-corrected chi connectivity index (χ2v) is 10.8. The van der Waals surface area contributed by atoms with Crippen LogP contribution in [-0.4, -0.2) is 41.0 Å². The van der Waals surface area contributed by atoms with Crippen LogP contribution in [0.3, 0.4) is 0 Å². The minimum atomic E-state index is -1.32. The first kappa shape index (κ1) is 36.8. The predicted octanol–water partition coefficient (Wildman–Crippen LogP) is 6.08. The molecule has 9 nitrogen and oxygen atoms in total. The van der Waals surface area contributed by atoms with Gasteiger partial charge in [-0.3, -0.25) is 24.6 Å². The third-order valence-electron chi connectivity index (χ3n) is 6.91. The molecule has 0 rings (SSSR count). The van der Waals surface area contributed by atoms with Gasteiger partial charge in [0.2, 0.25) is 11.8 Å². The molecule has 2 amide bonds. The van der Waals surface area contributed by atoms with Crippen molar-refractivity contribution in [2.24, 2.45) is 5.73 Å². The molecule has 2 atom stereocenters. The van der Waals surface area contributed by atoms with Gasteiger partial charge in [0.05, 0.1) is 12.8 Å². The molecule has 0 spiro atoms. The number of aliphatic carboxylic acids is 1. The van der Waals surface area contributed by atoms with E-state index in [1.165, 1.54) is 77.0 Å². The Kier molecular flexibility index (Phi) is 24.6. The first-order valence-corrected chi connectivity index (χ1v) is 15.5. The zero-order valence-electron chi connectivity index (χ0n) is 24.8. The Morgan fingerprint density at radius 3 is 1.62 bits per heavy atom. The van der Waals surface area contributed by atoms with Crippen molar-refractivity contribution in [1.29, 1.82) is 0 Å². The van der Waals surface area contributed by atoms with E-state index >= 15 is 0 Å². The molecule has 0 saturated heterocycles. The Bertz CT molecular complexity index is 659. The van der Waals surface area contributed by atoms with Crippen LogP contribution in [0.4, 0.5) is 0 Å². The van der Waals surface area contributed by atoms with Crippen LogP contribution in [0.25, 0.3) is 0 Å². The van der Waals surface area contributed by atoms with E-state index in [-0.39, 0.29) is 12.4 Å². The Balaban J connectivity index is 4.50. The molecular formula is C30H57N3O6. The molecule has 0 fully saturated rings. The molecule has 0 radical (unpaired) electrons. The number of unbranched alkanes of at least 4 members (excludes halogenated alkanes) is 16. The quantitative estimate of drug-likeness (QED) is 0.0519. The topological polar surface area (TPSA) is 148 Å². The van der Waals surface area contributed by atoms with Crippen molar-refractivity contribution in [1.82, 2.24) is 10.9 Å². The Labute approximate surface area is 236 Å². The van der Waals surface area contributed by atoms with Gasteiger partial charge >= 0.3 is 11.9 Å². The van der Waals surface area contributed by atoms with E-state index in [0.717, 1.165) is 38.5 Å². The lowest BCUT2D eigenvalue weighted by molar-refractivity contribution is -0.151. The molecule has 0 heterocycles. The highest BCUT2D eigenvalue weighted by Crippen LogP contribution is 2.16. The molecule has 0 aromatic rings. The van der Waals surface area contributed by atoms with Gasteiger partial charge in [-0.2, -0.15) is 0 Å². The number of primary amides is 1. The van der Waals surface area contributed by atoms with Crippen LogP contribution in [0.15, 0.2) is 0 Å². The summed E-state index contributed by atoms with van der Waals surface area (Å²) in [6.45, 7) is 4.42. The van der Waals surface area contributed by atoms with E-state index < -0.39 is 36.4 Å². The largest absolute Gasteiger partial charge is 0.480 e. The third-order valence-corrected chi connectivity index (χ3v) is 6.91. The maximum absolute atomic E-state index is 12.5. The van der Waals surface area contributed by atoms with E-state index in [1.54, 1.807) is 0 Å².